The Morgan fingerprint density at radius 3 is 2.15 bits per heavy atom. The number of nitrogens with zero attached hydrogens (tertiary/aromatic N) is 2. The second-order valence-corrected chi connectivity index (χ2v) is 9.75. The van der Waals surface area contributed by atoms with Gasteiger partial charge in [-0.05, 0) is 66.2 Å². The number of esters is 1. The Morgan fingerprint density at radius 1 is 0.800 bits per heavy atom. The lowest BCUT2D eigenvalue weighted by atomic mass is 9.90. The molecular formula is C31H23ClN2O6. The van der Waals surface area contributed by atoms with Gasteiger partial charge in [0.25, 0.3) is 5.91 Å². The van der Waals surface area contributed by atoms with Crippen LogP contribution in [0, 0.1) is 5.92 Å². The second-order valence-electron chi connectivity index (χ2n) is 9.31. The molecule has 6 rings (SSSR count). The SMILES string of the molecule is COc1cc([C@H]2[C@H]3C(=O)N(c4ccccc4)C(=O)[C@H]3ON2c2ccc(Cl)cc2)ccc1OC(=O)c1ccccc1. The van der Waals surface area contributed by atoms with E-state index in [0.717, 1.165) is 0 Å². The molecule has 200 valence electrons. The topological polar surface area (TPSA) is 85.4 Å². The fraction of sp³-hybridized carbons (Fsp3) is 0.129. The van der Waals surface area contributed by atoms with E-state index in [1.165, 1.54) is 12.0 Å². The molecule has 0 unspecified atom stereocenters. The highest BCUT2D eigenvalue weighted by molar-refractivity contribution is 6.30. The minimum absolute atomic E-state index is 0.216. The standard InChI is InChI=1S/C31H23ClN2O6/c1-38-25-18-20(12-17-24(25)39-31(37)19-8-4-2-5-9-19)27-26-28(40-34(27)23-15-13-21(32)14-16-23)30(36)33(29(26)35)22-10-6-3-7-11-22/h2-18,26-28H,1H3/t26-,27+,28+/m1/s1. The molecule has 0 bridgehead atoms. The summed E-state index contributed by atoms with van der Waals surface area (Å²) in [5.74, 6) is -1.69. The third kappa shape index (κ3) is 4.47. The molecule has 2 aliphatic heterocycles. The molecule has 2 aliphatic rings. The number of halogens is 1. The summed E-state index contributed by atoms with van der Waals surface area (Å²) in [6, 6.07) is 28.7. The maximum absolute atomic E-state index is 13.8. The van der Waals surface area contributed by atoms with Crippen LogP contribution in [-0.4, -0.2) is 31.0 Å². The van der Waals surface area contributed by atoms with Crippen LogP contribution in [0.1, 0.15) is 22.0 Å². The first kappa shape index (κ1) is 25.6. The van der Waals surface area contributed by atoms with Crippen molar-refractivity contribution < 1.29 is 28.7 Å². The van der Waals surface area contributed by atoms with Crippen LogP contribution in [0.2, 0.25) is 5.02 Å². The fourth-order valence-electron chi connectivity index (χ4n) is 5.08. The summed E-state index contributed by atoms with van der Waals surface area (Å²) in [5, 5.41) is 2.10. The number of ether oxygens (including phenoxy) is 2. The molecule has 2 amide bonds. The van der Waals surface area contributed by atoms with Crippen LogP contribution >= 0.6 is 11.6 Å². The lowest BCUT2D eigenvalue weighted by Crippen LogP contribution is -2.37. The van der Waals surface area contributed by atoms with Crippen LogP contribution in [0.4, 0.5) is 11.4 Å². The first-order valence-corrected chi connectivity index (χ1v) is 12.9. The smallest absolute Gasteiger partial charge is 0.343 e. The van der Waals surface area contributed by atoms with Gasteiger partial charge in [0.1, 0.15) is 5.92 Å². The van der Waals surface area contributed by atoms with E-state index in [1.54, 1.807) is 96.1 Å². The third-order valence-corrected chi connectivity index (χ3v) is 7.20. The molecule has 2 saturated heterocycles. The van der Waals surface area contributed by atoms with Crippen molar-refractivity contribution in [1.29, 1.82) is 0 Å². The zero-order valence-corrected chi connectivity index (χ0v) is 22.0. The first-order chi connectivity index (χ1) is 19.5. The van der Waals surface area contributed by atoms with E-state index in [-0.39, 0.29) is 17.4 Å². The molecule has 0 aliphatic carbocycles. The third-order valence-electron chi connectivity index (χ3n) is 6.95. The minimum atomic E-state index is -1.03. The van der Waals surface area contributed by atoms with Crippen LogP contribution in [0.3, 0.4) is 0 Å². The van der Waals surface area contributed by atoms with E-state index in [1.807, 2.05) is 12.1 Å². The quantitative estimate of drug-likeness (QED) is 0.174. The van der Waals surface area contributed by atoms with Gasteiger partial charge in [0, 0.05) is 5.02 Å². The van der Waals surface area contributed by atoms with Crippen molar-refractivity contribution in [3.63, 3.8) is 0 Å². The van der Waals surface area contributed by atoms with Gasteiger partial charge in [-0.25, -0.2) is 14.8 Å². The van der Waals surface area contributed by atoms with Crippen molar-refractivity contribution in [1.82, 2.24) is 0 Å². The normalized spacial score (nSPS) is 20.0. The van der Waals surface area contributed by atoms with Gasteiger partial charge in [0.15, 0.2) is 17.6 Å². The van der Waals surface area contributed by atoms with Gasteiger partial charge in [-0.3, -0.25) is 14.4 Å². The lowest BCUT2D eigenvalue weighted by Gasteiger charge is -2.29. The summed E-state index contributed by atoms with van der Waals surface area (Å²) >= 11 is 6.11. The zero-order valence-electron chi connectivity index (χ0n) is 21.3. The highest BCUT2D eigenvalue weighted by Gasteiger charge is 2.60. The molecule has 0 radical (unpaired) electrons. The summed E-state index contributed by atoms with van der Waals surface area (Å²) in [5.41, 5.74) is 2.13. The van der Waals surface area contributed by atoms with Crippen LogP contribution in [0.5, 0.6) is 11.5 Å². The predicted molar refractivity (Wildman–Crippen MR) is 148 cm³/mol. The number of carbonyl (C=O) groups excluding carboxylic acids is 3. The van der Waals surface area contributed by atoms with E-state index in [4.69, 9.17) is 25.9 Å². The molecule has 4 aromatic rings. The molecule has 0 aromatic heterocycles. The van der Waals surface area contributed by atoms with Crippen LogP contribution < -0.4 is 19.4 Å². The maximum Gasteiger partial charge on any atom is 0.343 e. The Kier molecular flexibility index (Phi) is 6.71. The Labute approximate surface area is 235 Å². The number of benzene rings is 4. The van der Waals surface area contributed by atoms with E-state index in [9.17, 15) is 14.4 Å². The number of hydrogen-bond acceptors (Lipinski definition) is 7. The molecule has 3 atom stereocenters. The van der Waals surface area contributed by atoms with Crippen molar-refractivity contribution in [2.24, 2.45) is 5.92 Å². The Morgan fingerprint density at radius 2 is 1.48 bits per heavy atom. The second kappa shape index (κ2) is 10.5. The number of carbonyl (C=O) groups is 3. The zero-order chi connectivity index (χ0) is 27.8. The van der Waals surface area contributed by atoms with Crippen molar-refractivity contribution in [2.75, 3.05) is 17.1 Å². The molecule has 0 saturated carbocycles. The fourth-order valence-corrected chi connectivity index (χ4v) is 5.21. The van der Waals surface area contributed by atoms with Gasteiger partial charge < -0.3 is 9.47 Å². The molecule has 8 nitrogen and oxygen atoms in total. The molecule has 0 spiro atoms. The maximum atomic E-state index is 13.8. The van der Waals surface area contributed by atoms with Crippen LogP contribution in [0.25, 0.3) is 0 Å². The van der Waals surface area contributed by atoms with Crippen LogP contribution in [0.15, 0.2) is 103 Å². The molecule has 2 fully saturated rings. The summed E-state index contributed by atoms with van der Waals surface area (Å²) in [6.45, 7) is 0. The number of hydroxylamine groups is 1. The number of rotatable bonds is 6. The molecular weight excluding hydrogens is 532 g/mol. The van der Waals surface area contributed by atoms with Gasteiger partial charge in [-0.15, -0.1) is 0 Å². The summed E-state index contributed by atoms with van der Waals surface area (Å²) in [6.07, 6.45) is -1.03. The summed E-state index contributed by atoms with van der Waals surface area (Å²) < 4.78 is 11.2. The first-order valence-electron chi connectivity index (χ1n) is 12.6. The molecule has 0 N–H and O–H groups in total. The Balaban J connectivity index is 1.39. The van der Waals surface area contributed by atoms with Crippen molar-refractivity contribution in [2.45, 2.75) is 12.1 Å². The summed E-state index contributed by atoms with van der Waals surface area (Å²) in [7, 11) is 1.46. The van der Waals surface area contributed by atoms with E-state index in [0.29, 0.717) is 27.5 Å². The molecule has 2 heterocycles. The molecule has 4 aromatic carbocycles. The monoisotopic (exact) mass is 554 g/mol. The number of imide groups is 1. The highest BCUT2D eigenvalue weighted by atomic mass is 35.5. The van der Waals surface area contributed by atoms with Gasteiger partial charge >= 0.3 is 5.97 Å². The Hall–Kier alpha value is -4.66. The van der Waals surface area contributed by atoms with Crippen molar-refractivity contribution in [3.8, 4) is 11.5 Å². The molecule has 40 heavy (non-hydrogen) atoms. The number of hydrogen-bond donors (Lipinski definition) is 0. The van der Waals surface area contributed by atoms with Crippen molar-refractivity contribution in [3.05, 3.63) is 119 Å². The van der Waals surface area contributed by atoms with E-state index in [2.05, 4.69) is 0 Å². The average molecular weight is 555 g/mol. The van der Waals surface area contributed by atoms with E-state index < -0.39 is 29.9 Å². The van der Waals surface area contributed by atoms with Gasteiger partial charge in [-0.2, -0.15) is 0 Å². The molecule has 9 heteroatoms. The number of anilines is 2. The predicted octanol–water partition coefficient (Wildman–Crippen LogP) is 5.62. The number of fused-ring (bicyclic) bond motifs is 1. The Bertz CT molecular complexity index is 1580. The van der Waals surface area contributed by atoms with Gasteiger partial charge in [0.2, 0.25) is 5.91 Å². The average Bonchev–Trinajstić information content (AvgIpc) is 3.50. The number of methoxy groups -OCH3 is 1. The number of para-hydroxylation sites is 1. The van der Waals surface area contributed by atoms with Crippen molar-refractivity contribution >= 4 is 40.8 Å². The summed E-state index contributed by atoms with van der Waals surface area (Å²) in [4.78, 5) is 47.4. The largest absolute Gasteiger partial charge is 0.493 e. The minimum Gasteiger partial charge on any atom is -0.493 e. The van der Waals surface area contributed by atoms with Crippen LogP contribution in [-0.2, 0) is 14.4 Å². The number of amides is 2. The lowest BCUT2D eigenvalue weighted by molar-refractivity contribution is -0.126. The van der Waals surface area contributed by atoms with Gasteiger partial charge in [-0.1, -0.05) is 54.1 Å². The highest BCUT2D eigenvalue weighted by Crippen LogP contribution is 2.48. The van der Waals surface area contributed by atoms with E-state index >= 15 is 0 Å². The van der Waals surface area contributed by atoms with Gasteiger partial charge in [0.05, 0.1) is 30.1 Å².